The van der Waals surface area contributed by atoms with Gasteiger partial charge in [0.15, 0.2) is 10.4 Å². The molecule has 2 unspecified atom stereocenters. The van der Waals surface area contributed by atoms with Crippen molar-refractivity contribution < 1.29 is 9.21 Å². The smallest absolute Gasteiger partial charge is 0.289 e. The van der Waals surface area contributed by atoms with E-state index in [0.29, 0.717) is 22.5 Å². The molecule has 3 rings (SSSR count). The van der Waals surface area contributed by atoms with Crippen LogP contribution in [-0.2, 0) is 0 Å². The van der Waals surface area contributed by atoms with Gasteiger partial charge in [0.1, 0.15) is 0 Å². The average Bonchev–Trinajstić information content (AvgIpc) is 3.07. The summed E-state index contributed by atoms with van der Waals surface area (Å²) in [4.78, 5) is 16.9. The highest BCUT2D eigenvalue weighted by atomic mass is 79.9. The molecule has 2 saturated heterocycles. The molecule has 0 saturated carbocycles. The summed E-state index contributed by atoms with van der Waals surface area (Å²) in [7, 11) is 2.17. The van der Waals surface area contributed by atoms with E-state index in [1.165, 1.54) is 12.8 Å². The van der Waals surface area contributed by atoms with E-state index in [0.717, 1.165) is 25.9 Å². The van der Waals surface area contributed by atoms with Gasteiger partial charge >= 0.3 is 0 Å². The van der Waals surface area contributed by atoms with Gasteiger partial charge in [0.25, 0.3) is 5.91 Å². The minimum atomic E-state index is 0.0356. The maximum atomic E-state index is 12.5. The summed E-state index contributed by atoms with van der Waals surface area (Å²) in [5, 5.41) is 0. The topological polar surface area (TPSA) is 36.7 Å². The lowest BCUT2D eigenvalue weighted by Crippen LogP contribution is -2.47. The van der Waals surface area contributed by atoms with Crippen LogP contribution in [0.3, 0.4) is 0 Å². The normalized spacial score (nSPS) is 28.2. The molecule has 3 heterocycles. The average molecular weight is 327 g/mol. The van der Waals surface area contributed by atoms with Gasteiger partial charge in [-0.2, -0.15) is 0 Å². The van der Waals surface area contributed by atoms with Gasteiger partial charge in [-0.15, -0.1) is 0 Å². The van der Waals surface area contributed by atoms with Crippen molar-refractivity contribution in [2.45, 2.75) is 37.8 Å². The van der Waals surface area contributed by atoms with Crippen molar-refractivity contribution in [2.75, 3.05) is 20.1 Å². The highest BCUT2D eigenvalue weighted by molar-refractivity contribution is 9.10. The second-order valence-electron chi connectivity index (χ2n) is 5.50. The number of carbonyl (C=O) groups is 1. The van der Waals surface area contributed by atoms with E-state index in [1.807, 2.05) is 4.90 Å². The fourth-order valence-electron chi connectivity index (χ4n) is 3.44. The summed E-state index contributed by atoms with van der Waals surface area (Å²) in [5.41, 5.74) is 0. The van der Waals surface area contributed by atoms with Gasteiger partial charge in [-0.1, -0.05) is 0 Å². The number of hydrogen-bond acceptors (Lipinski definition) is 3. The molecule has 2 aliphatic heterocycles. The molecule has 0 radical (unpaired) electrons. The fourth-order valence-corrected chi connectivity index (χ4v) is 3.74. The van der Waals surface area contributed by atoms with Crippen LogP contribution in [0.15, 0.2) is 21.2 Å². The van der Waals surface area contributed by atoms with E-state index in [-0.39, 0.29) is 5.91 Å². The zero-order chi connectivity index (χ0) is 13.4. The zero-order valence-electron chi connectivity index (χ0n) is 11.1. The third-order valence-electron chi connectivity index (χ3n) is 4.37. The Balaban J connectivity index is 1.77. The Morgan fingerprint density at radius 1 is 1.26 bits per heavy atom. The first-order valence-corrected chi connectivity index (χ1v) is 7.72. The SMILES string of the molecule is CN1CCCC1C1CCCN1C(=O)c1ccc(Br)o1. The van der Waals surface area contributed by atoms with Crippen molar-refractivity contribution in [2.24, 2.45) is 0 Å². The van der Waals surface area contributed by atoms with Crippen molar-refractivity contribution in [1.82, 2.24) is 9.80 Å². The van der Waals surface area contributed by atoms with E-state index >= 15 is 0 Å². The monoisotopic (exact) mass is 326 g/mol. The van der Waals surface area contributed by atoms with Crippen molar-refractivity contribution >= 4 is 21.8 Å². The van der Waals surface area contributed by atoms with Gasteiger partial charge in [-0.05, 0) is 67.3 Å². The molecule has 4 nitrogen and oxygen atoms in total. The molecule has 1 amide bonds. The Morgan fingerprint density at radius 2 is 2.00 bits per heavy atom. The molecular weight excluding hydrogens is 308 g/mol. The highest BCUT2D eigenvalue weighted by Crippen LogP contribution is 2.30. The lowest BCUT2D eigenvalue weighted by atomic mass is 10.0. The predicted molar refractivity (Wildman–Crippen MR) is 76.1 cm³/mol. The third-order valence-corrected chi connectivity index (χ3v) is 4.79. The van der Waals surface area contributed by atoms with Crippen LogP contribution in [0.5, 0.6) is 0 Å². The van der Waals surface area contributed by atoms with Gasteiger partial charge < -0.3 is 14.2 Å². The second-order valence-corrected chi connectivity index (χ2v) is 6.28. The lowest BCUT2D eigenvalue weighted by molar-refractivity contribution is 0.0631. The Bertz CT molecular complexity index is 474. The second kappa shape index (κ2) is 5.29. The van der Waals surface area contributed by atoms with Crippen LogP contribution in [0.25, 0.3) is 0 Å². The quantitative estimate of drug-likeness (QED) is 0.838. The number of rotatable bonds is 2. The molecule has 0 aliphatic carbocycles. The van der Waals surface area contributed by atoms with E-state index < -0.39 is 0 Å². The summed E-state index contributed by atoms with van der Waals surface area (Å²) in [5.74, 6) is 0.480. The van der Waals surface area contributed by atoms with Gasteiger partial charge in [0.2, 0.25) is 0 Å². The summed E-state index contributed by atoms with van der Waals surface area (Å²) < 4.78 is 6.02. The lowest BCUT2D eigenvalue weighted by Gasteiger charge is -2.32. The van der Waals surface area contributed by atoms with Crippen LogP contribution < -0.4 is 0 Å². The molecule has 2 fully saturated rings. The number of hydrogen-bond donors (Lipinski definition) is 0. The first-order chi connectivity index (χ1) is 9.16. The number of likely N-dealkylation sites (N-methyl/N-ethyl adjacent to an activating group) is 1. The van der Waals surface area contributed by atoms with Crippen LogP contribution in [0.2, 0.25) is 0 Å². The maximum absolute atomic E-state index is 12.5. The number of nitrogens with zero attached hydrogens (tertiary/aromatic N) is 2. The van der Waals surface area contributed by atoms with Gasteiger partial charge in [0.05, 0.1) is 0 Å². The number of likely N-dealkylation sites (tertiary alicyclic amines) is 2. The summed E-state index contributed by atoms with van der Waals surface area (Å²) >= 11 is 3.25. The van der Waals surface area contributed by atoms with Crippen LogP contribution in [0.4, 0.5) is 0 Å². The Hall–Kier alpha value is -0.810. The number of amides is 1. The third kappa shape index (κ3) is 2.46. The fraction of sp³-hybridized carbons (Fsp3) is 0.643. The van der Waals surface area contributed by atoms with Crippen molar-refractivity contribution in [3.8, 4) is 0 Å². The van der Waals surface area contributed by atoms with E-state index in [1.54, 1.807) is 12.1 Å². The molecule has 0 N–H and O–H groups in total. The van der Waals surface area contributed by atoms with E-state index in [2.05, 4.69) is 27.9 Å². The largest absolute Gasteiger partial charge is 0.444 e. The van der Waals surface area contributed by atoms with Crippen LogP contribution in [0, 0.1) is 0 Å². The summed E-state index contributed by atoms with van der Waals surface area (Å²) in [6.07, 6.45) is 4.66. The van der Waals surface area contributed by atoms with Gasteiger partial charge in [-0.3, -0.25) is 4.79 Å². The number of halogens is 1. The minimum absolute atomic E-state index is 0.0356. The highest BCUT2D eigenvalue weighted by Gasteiger charge is 2.39. The molecular formula is C14H19BrN2O2. The molecule has 0 spiro atoms. The van der Waals surface area contributed by atoms with Crippen molar-refractivity contribution in [3.63, 3.8) is 0 Å². The molecule has 0 aromatic carbocycles. The summed E-state index contributed by atoms with van der Waals surface area (Å²) in [6, 6.07) is 4.40. The zero-order valence-corrected chi connectivity index (χ0v) is 12.7. The summed E-state index contributed by atoms with van der Waals surface area (Å²) in [6.45, 7) is 2.00. The Morgan fingerprint density at radius 3 is 2.63 bits per heavy atom. The van der Waals surface area contributed by atoms with Crippen molar-refractivity contribution in [3.05, 3.63) is 22.6 Å². The standard InChI is InChI=1S/C14H19BrN2O2/c1-16-8-2-4-10(16)11-5-3-9-17(11)14(18)12-6-7-13(15)19-12/h6-7,10-11H,2-5,8-9H2,1H3. The van der Waals surface area contributed by atoms with Crippen LogP contribution >= 0.6 is 15.9 Å². The molecule has 1 aromatic rings. The first-order valence-electron chi connectivity index (χ1n) is 6.93. The number of furan rings is 1. The molecule has 104 valence electrons. The Labute approximate surface area is 121 Å². The number of carbonyl (C=O) groups excluding carboxylic acids is 1. The maximum Gasteiger partial charge on any atom is 0.289 e. The van der Waals surface area contributed by atoms with Gasteiger partial charge in [-0.25, -0.2) is 0 Å². The Kier molecular flexibility index (Phi) is 3.67. The van der Waals surface area contributed by atoms with E-state index in [4.69, 9.17) is 4.42 Å². The molecule has 5 heteroatoms. The van der Waals surface area contributed by atoms with E-state index in [9.17, 15) is 4.79 Å². The van der Waals surface area contributed by atoms with Crippen molar-refractivity contribution in [1.29, 1.82) is 0 Å². The predicted octanol–water partition coefficient (Wildman–Crippen LogP) is 2.74. The molecule has 2 aliphatic rings. The molecule has 19 heavy (non-hydrogen) atoms. The van der Waals surface area contributed by atoms with Gasteiger partial charge in [0, 0.05) is 18.6 Å². The first kappa shape index (κ1) is 13.2. The van der Waals surface area contributed by atoms with Crippen LogP contribution in [0.1, 0.15) is 36.2 Å². The molecule has 2 atom stereocenters. The van der Waals surface area contributed by atoms with Crippen LogP contribution in [-0.4, -0.2) is 47.9 Å². The molecule has 0 bridgehead atoms. The minimum Gasteiger partial charge on any atom is -0.444 e. The molecule has 1 aromatic heterocycles.